The van der Waals surface area contributed by atoms with Gasteiger partial charge in [-0.1, -0.05) is 35.7 Å². The Kier molecular flexibility index (Phi) is 6.18. The zero-order valence-electron chi connectivity index (χ0n) is 11.8. The molecule has 1 aliphatic heterocycles. The lowest BCUT2D eigenvalue weighted by atomic mass is 10.0. The summed E-state index contributed by atoms with van der Waals surface area (Å²) in [6.07, 6.45) is 7.32. The molecule has 19 heavy (non-hydrogen) atoms. The molecule has 0 aromatic heterocycles. The van der Waals surface area contributed by atoms with Crippen LogP contribution in [0.25, 0.3) is 0 Å². The lowest BCUT2D eigenvalue weighted by Crippen LogP contribution is -2.35. The minimum absolute atomic E-state index is 0.652. The molecule has 106 valence electrons. The molecule has 1 heterocycles. The van der Waals surface area contributed by atoms with Crippen molar-refractivity contribution in [3.8, 4) is 5.75 Å². The molecule has 1 aromatic rings. The van der Waals surface area contributed by atoms with E-state index in [4.69, 9.17) is 4.74 Å². The van der Waals surface area contributed by atoms with Crippen LogP contribution in [-0.4, -0.2) is 19.2 Å². The molecule has 1 N–H and O–H groups in total. The second kappa shape index (κ2) is 7.91. The summed E-state index contributed by atoms with van der Waals surface area (Å²) in [5.74, 6) is 1.06. The summed E-state index contributed by atoms with van der Waals surface area (Å²) in [6.45, 7) is 4.19. The van der Waals surface area contributed by atoms with Gasteiger partial charge in [-0.2, -0.15) is 0 Å². The zero-order chi connectivity index (χ0) is 13.5. The first kappa shape index (κ1) is 14.9. The first-order valence-electron chi connectivity index (χ1n) is 7.44. The van der Waals surface area contributed by atoms with Gasteiger partial charge in [0.15, 0.2) is 0 Å². The second-order valence-corrected chi connectivity index (χ2v) is 6.20. The molecule has 1 atom stereocenters. The average molecular weight is 326 g/mol. The number of halogens is 1. The van der Waals surface area contributed by atoms with Crippen molar-refractivity contribution in [1.29, 1.82) is 0 Å². The smallest absolute Gasteiger partial charge is 0.122 e. The van der Waals surface area contributed by atoms with Crippen molar-refractivity contribution in [1.82, 2.24) is 5.32 Å². The number of hydrogen-bond acceptors (Lipinski definition) is 2. The molecule has 0 aliphatic carbocycles. The SMILES string of the molecule is CCCc1cc(Br)ccc1OCCC1CCCCN1. The lowest BCUT2D eigenvalue weighted by molar-refractivity contribution is 0.266. The zero-order valence-corrected chi connectivity index (χ0v) is 13.3. The van der Waals surface area contributed by atoms with E-state index >= 15 is 0 Å². The molecular weight excluding hydrogens is 302 g/mol. The number of ether oxygens (including phenoxy) is 1. The van der Waals surface area contributed by atoms with Crippen LogP contribution in [0.2, 0.25) is 0 Å². The van der Waals surface area contributed by atoms with Crippen molar-refractivity contribution in [2.24, 2.45) is 0 Å². The number of hydrogen-bond donors (Lipinski definition) is 1. The van der Waals surface area contributed by atoms with Crippen LogP contribution in [0.4, 0.5) is 0 Å². The Bertz CT molecular complexity index is 388. The third-order valence-electron chi connectivity index (χ3n) is 3.68. The highest BCUT2D eigenvalue weighted by Crippen LogP contribution is 2.25. The van der Waals surface area contributed by atoms with E-state index in [0.29, 0.717) is 6.04 Å². The molecule has 3 heteroatoms. The maximum atomic E-state index is 5.99. The van der Waals surface area contributed by atoms with Crippen molar-refractivity contribution in [2.45, 2.75) is 51.5 Å². The first-order chi connectivity index (χ1) is 9.29. The third kappa shape index (κ3) is 4.81. The molecule has 1 aromatic carbocycles. The van der Waals surface area contributed by atoms with Crippen molar-refractivity contribution >= 4 is 15.9 Å². The number of piperidine rings is 1. The van der Waals surface area contributed by atoms with E-state index in [0.717, 1.165) is 36.1 Å². The second-order valence-electron chi connectivity index (χ2n) is 5.29. The van der Waals surface area contributed by atoms with Crippen LogP contribution in [-0.2, 0) is 6.42 Å². The Morgan fingerprint density at radius 1 is 1.37 bits per heavy atom. The van der Waals surface area contributed by atoms with E-state index in [1.54, 1.807) is 0 Å². The summed E-state index contributed by atoms with van der Waals surface area (Å²) in [5, 5.41) is 3.57. The molecule has 0 bridgehead atoms. The third-order valence-corrected chi connectivity index (χ3v) is 4.17. The van der Waals surface area contributed by atoms with Crippen molar-refractivity contribution in [3.05, 3.63) is 28.2 Å². The van der Waals surface area contributed by atoms with Gasteiger partial charge in [0.05, 0.1) is 6.61 Å². The minimum atomic E-state index is 0.652. The Hall–Kier alpha value is -0.540. The molecule has 0 saturated carbocycles. The van der Waals surface area contributed by atoms with Gasteiger partial charge in [-0.25, -0.2) is 0 Å². The van der Waals surface area contributed by atoms with Crippen LogP contribution < -0.4 is 10.1 Å². The van der Waals surface area contributed by atoms with Crippen molar-refractivity contribution < 1.29 is 4.74 Å². The van der Waals surface area contributed by atoms with Gasteiger partial charge in [-0.05, 0) is 56.0 Å². The topological polar surface area (TPSA) is 21.3 Å². The number of benzene rings is 1. The van der Waals surface area contributed by atoms with Gasteiger partial charge in [0.25, 0.3) is 0 Å². The molecule has 0 spiro atoms. The molecular formula is C16H24BrNO. The maximum absolute atomic E-state index is 5.99. The Labute approximate surface area is 125 Å². The van der Waals surface area contributed by atoms with Crippen LogP contribution in [0.3, 0.4) is 0 Å². The van der Waals surface area contributed by atoms with E-state index in [2.05, 4.69) is 46.4 Å². The van der Waals surface area contributed by atoms with Gasteiger partial charge in [0.1, 0.15) is 5.75 Å². The summed E-state index contributed by atoms with van der Waals surface area (Å²) >= 11 is 3.53. The Morgan fingerprint density at radius 3 is 3.00 bits per heavy atom. The Balaban J connectivity index is 1.84. The highest BCUT2D eigenvalue weighted by molar-refractivity contribution is 9.10. The van der Waals surface area contributed by atoms with Gasteiger partial charge in [0.2, 0.25) is 0 Å². The van der Waals surface area contributed by atoms with E-state index < -0.39 is 0 Å². The van der Waals surface area contributed by atoms with Crippen LogP contribution >= 0.6 is 15.9 Å². The highest BCUT2D eigenvalue weighted by atomic mass is 79.9. The maximum Gasteiger partial charge on any atom is 0.122 e. The van der Waals surface area contributed by atoms with Crippen LogP contribution in [0.15, 0.2) is 22.7 Å². The largest absolute Gasteiger partial charge is 0.493 e. The standard InChI is InChI=1S/C16H24BrNO/c1-2-5-13-12-14(17)7-8-16(13)19-11-9-15-6-3-4-10-18-15/h7-8,12,15,18H,2-6,9-11H2,1H3. The van der Waals surface area contributed by atoms with Gasteiger partial charge in [-0.15, -0.1) is 0 Å². The van der Waals surface area contributed by atoms with Crippen LogP contribution in [0, 0.1) is 0 Å². The minimum Gasteiger partial charge on any atom is -0.493 e. The van der Waals surface area contributed by atoms with E-state index in [-0.39, 0.29) is 0 Å². The summed E-state index contributed by atoms with van der Waals surface area (Å²) < 4.78 is 7.12. The molecule has 0 radical (unpaired) electrons. The molecule has 0 amide bonds. The van der Waals surface area contributed by atoms with Gasteiger partial charge in [-0.3, -0.25) is 0 Å². The summed E-state index contributed by atoms with van der Waals surface area (Å²) in [7, 11) is 0. The fourth-order valence-corrected chi connectivity index (χ4v) is 3.04. The Morgan fingerprint density at radius 2 is 2.26 bits per heavy atom. The van der Waals surface area contributed by atoms with Crippen LogP contribution in [0.5, 0.6) is 5.75 Å². The molecule has 1 unspecified atom stereocenters. The molecule has 2 rings (SSSR count). The summed E-state index contributed by atoms with van der Waals surface area (Å²) in [4.78, 5) is 0. The molecule has 1 aliphatic rings. The van der Waals surface area contributed by atoms with Crippen LogP contribution in [0.1, 0.15) is 44.6 Å². The average Bonchev–Trinajstić information content (AvgIpc) is 2.43. The predicted octanol–water partition coefficient (Wildman–Crippen LogP) is 4.31. The summed E-state index contributed by atoms with van der Waals surface area (Å²) in [6, 6.07) is 6.98. The normalized spacial score (nSPS) is 19.4. The predicted molar refractivity (Wildman–Crippen MR) is 83.9 cm³/mol. The van der Waals surface area contributed by atoms with Crippen molar-refractivity contribution in [3.63, 3.8) is 0 Å². The molecule has 1 fully saturated rings. The van der Waals surface area contributed by atoms with E-state index in [1.807, 2.05) is 0 Å². The fraction of sp³-hybridized carbons (Fsp3) is 0.625. The van der Waals surface area contributed by atoms with Gasteiger partial charge < -0.3 is 10.1 Å². The lowest BCUT2D eigenvalue weighted by Gasteiger charge is -2.23. The number of nitrogens with one attached hydrogen (secondary N) is 1. The highest BCUT2D eigenvalue weighted by Gasteiger charge is 2.12. The monoisotopic (exact) mass is 325 g/mol. The van der Waals surface area contributed by atoms with Gasteiger partial charge in [0, 0.05) is 10.5 Å². The van der Waals surface area contributed by atoms with Gasteiger partial charge >= 0.3 is 0 Å². The van der Waals surface area contributed by atoms with E-state index in [9.17, 15) is 0 Å². The number of aryl methyl sites for hydroxylation is 1. The summed E-state index contributed by atoms with van der Waals surface area (Å²) in [5.41, 5.74) is 1.31. The van der Waals surface area contributed by atoms with Crippen molar-refractivity contribution in [2.75, 3.05) is 13.2 Å². The fourth-order valence-electron chi connectivity index (χ4n) is 2.64. The van der Waals surface area contributed by atoms with E-state index in [1.165, 1.54) is 31.4 Å². The first-order valence-corrected chi connectivity index (χ1v) is 8.23. The number of rotatable bonds is 6. The molecule has 2 nitrogen and oxygen atoms in total. The molecule has 1 saturated heterocycles. The quantitative estimate of drug-likeness (QED) is 0.841.